The molecule has 0 bridgehead atoms. The monoisotopic (exact) mass is 270 g/mol. The molecule has 1 unspecified atom stereocenters. The van der Waals surface area contributed by atoms with Crippen molar-refractivity contribution in [3.63, 3.8) is 0 Å². The number of anilines is 1. The van der Waals surface area contributed by atoms with E-state index in [1.807, 2.05) is 19.1 Å². The zero-order valence-electron chi connectivity index (χ0n) is 11.2. The minimum atomic E-state index is -1.17. The van der Waals surface area contributed by atoms with Gasteiger partial charge in [0.1, 0.15) is 5.82 Å². The van der Waals surface area contributed by atoms with Crippen LogP contribution >= 0.6 is 0 Å². The quantitative estimate of drug-likeness (QED) is 0.914. The lowest BCUT2D eigenvalue weighted by molar-refractivity contribution is 0.0684. The average Bonchev–Trinajstić information content (AvgIpc) is 2.45. The largest absolute Gasteiger partial charge is 0.475 e. The summed E-state index contributed by atoms with van der Waals surface area (Å²) < 4.78 is 0. The van der Waals surface area contributed by atoms with Crippen molar-refractivity contribution in [3.05, 3.63) is 30.1 Å². The summed E-state index contributed by atoms with van der Waals surface area (Å²) in [6.45, 7) is 1.89. The summed E-state index contributed by atoms with van der Waals surface area (Å²) in [7, 11) is 1.79. The predicted octanol–water partition coefficient (Wildman–Crippen LogP) is 2.07. The highest BCUT2D eigenvalue weighted by molar-refractivity contribution is 5.93. The number of rotatable bonds is 4. The Bertz CT molecular complexity index is 693. The van der Waals surface area contributed by atoms with Crippen LogP contribution in [0.25, 0.3) is 10.9 Å². The van der Waals surface area contributed by atoms with Crippen molar-refractivity contribution in [1.82, 2.24) is 9.97 Å². The summed E-state index contributed by atoms with van der Waals surface area (Å²) in [5, 5.41) is 18.6. The van der Waals surface area contributed by atoms with E-state index in [0.29, 0.717) is 17.8 Å². The second-order valence-corrected chi connectivity index (χ2v) is 4.52. The highest BCUT2D eigenvalue weighted by Crippen LogP contribution is 2.24. The minimum Gasteiger partial charge on any atom is -0.475 e. The summed E-state index contributed by atoms with van der Waals surface area (Å²) in [4.78, 5) is 21.1. The standard InChI is InChI=1S/C14H14N4O2/c1-9(7-8-15)18(2)13-10-5-3-4-6-11(10)16-12(17-13)14(19)20/h3-6,9H,7H2,1-2H3,(H,19,20). The molecule has 2 rings (SSSR count). The summed E-state index contributed by atoms with van der Waals surface area (Å²) in [5.74, 6) is -0.885. The number of benzene rings is 1. The molecular formula is C14H14N4O2. The maximum Gasteiger partial charge on any atom is 0.374 e. The molecule has 0 saturated carbocycles. The SMILES string of the molecule is CC(CC#N)N(C)c1nc(C(=O)O)nc2ccccc12. The van der Waals surface area contributed by atoms with Crippen LogP contribution in [0.3, 0.4) is 0 Å². The number of aromatic nitrogens is 2. The van der Waals surface area contributed by atoms with Crippen LogP contribution in [0.15, 0.2) is 24.3 Å². The summed E-state index contributed by atoms with van der Waals surface area (Å²) in [5.41, 5.74) is 0.575. The van der Waals surface area contributed by atoms with Crippen molar-refractivity contribution in [2.24, 2.45) is 0 Å². The molecule has 0 aliphatic heterocycles. The average molecular weight is 270 g/mol. The van der Waals surface area contributed by atoms with E-state index < -0.39 is 5.97 Å². The van der Waals surface area contributed by atoms with Crippen LogP contribution in [0, 0.1) is 11.3 Å². The van der Waals surface area contributed by atoms with Crippen molar-refractivity contribution in [3.8, 4) is 6.07 Å². The van der Waals surface area contributed by atoms with E-state index in [2.05, 4.69) is 16.0 Å². The third kappa shape index (κ3) is 2.52. The number of aromatic carboxylic acids is 1. The minimum absolute atomic E-state index is 0.0695. The van der Waals surface area contributed by atoms with Gasteiger partial charge in [-0.25, -0.2) is 14.8 Å². The lowest BCUT2D eigenvalue weighted by Gasteiger charge is -2.25. The van der Waals surface area contributed by atoms with Crippen LogP contribution in [0.4, 0.5) is 5.82 Å². The Labute approximate surface area is 116 Å². The molecule has 0 aliphatic rings. The van der Waals surface area contributed by atoms with E-state index in [-0.39, 0.29) is 11.9 Å². The number of nitriles is 1. The molecule has 20 heavy (non-hydrogen) atoms. The molecule has 1 N–H and O–H groups in total. The van der Waals surface area contributed by atoms with E-state index >= 15 is 0 Å². The maximum atomic E-state index is 11.1. The van der Waals surface area contributed by atoms with Crippen LogP contribution in [0.2, 0.25) is 0 Å². The fourth-order valence-electron chi connectivity index (χ4n) is 1.90. The van der Waals surface area contributed by atoms with Crippen LogP contribution in [0.5, 0.6) is 0 Å². The van der Waals surface area contributed by atoms with Crippen LogP contribution in [-0.4, -0.2) is 34.1 Å². The molecule has 2 aromatic rings. The molecule has 0 radical (unpaired) electrons. The molecule has 102 valence electrons. The fourth-order valence-corrected chi connectivity index (χ4v) is 1.90. The second kappa shape index (κ2) is 5.53. The maximum absolute atomic E-state index is 11.1. The van der Waals surface area contributed by atoms with E-state index in [1.54, 1.807) is 24.1 Å². The van der Waals surface area contributed by atoms with Crippen LogP contribution in [0.1, 0.15) is 24.0 Å². The van der Waals surface area contributed by atoms with Gasteiger partial charge in [-0.15, -0.1) is 0 Å². The van der Waals surface area contributed by atoms with Gasteiger partial charge in [0.25, 0.3) is 0 Å². The van der Waals surface area contributed by atoms with Gasteiger partial charge in [0.05, 0.1) is 18.0 Å². The molecule has 0 spiro atoms. The van der Waals surface area contributed by atoms with Crippen molar-refractivity contribution < 1.29 is 9.90 Å². The molecule has 0 amide bonds. The molecule has 1 aromatic heterocycles. The fraction of sp³-hybridized carbons (Fsp3) is 0.286. The first-order valence-corrected chi connectivity index (χ1v) is 6.14. The number of nitrogens with zero attached hydrogens (tertiary/aromatic N) is 4. The van der Waals surface area contributed by atoms with E-state index in [9.17, 15) is 4.79 Å². The first kappa shape index (κ1) is 13.7. The van der Waals surface area contributed by atoms with Gasteiger partial charge in [0.15, 0.2) is 0 Å². The van der Waals surface area contributed by atoms with Gasteiger partial charge in [0, 0.05) is 18.5 Å². The molecule has 0 aliphatic carbocycles. The third-order valence-corrected chi connectivity index (χ3v) is 3.16. The molecule has 1 aromatic carbocycles. The summed E-state index contributed by atoms with van der Waals surface area (Å²) >= 11 is 0. The Balaban J connectivity index is 2.61. The van der Waals surface area contributed by atoms with Crippen molar-refractivity contribution >= 4 is 22.7 Å². The highest BCUT2D eigenvalue weighted by atomic mass is 16.4. The van der Waals surface area contributed by atoms with Crippen LogP contribution in [-0.2, 0) is 0 Å². The van der Waals surface area contributed by atoms with E-state index in [4.69, 9.17) is 10.4 Å². The van der Waals surface area contributed by atoms with Gasteiger partial charge in [-0.2, -0.15) is 5.26 Å². The lowest BCUT2D eigenvalue weighted by atomic mass is 10.2. The number of hydrogen-bond acceptors (Lipinski definition) is 5. The molecule has 1 heterocycles. The zero-order chi connectivity index (χ0) is 14.7. The van der Waals surface area contributed by atoms with Gasteiger partial charge in [-0.05, 0) is 19.1 Å². The molecule has 0 fully saturated rings. The van der Waals surface area contributed by atoms with Gasteiger partial charge < -0.3 is 10.0 Å². The number of para-hydroxylation sites is 1. The van der Waals surface area contributed by atoms with E-state index in [1.165, 1.54) is 0 Å². The lowest BCUT2D eigenvalue weighted by Crippen LogP contribution is -2.30. The number of carboxylic acids is 1. The normalized spacial score (nSPS) is 11.8. The highest BCUT2D eigenvalue weighted by Gasteiger charge is 2.18. The first-order chi connectivity index (χ1) is 9.54. The van der Waals surface area contributed by atoms with Gasteiger partial charge >= 0.3 is 5.97 Å². The number of carbonyl (C=O) groups is 1. The Morgan fingerprint density at radius 2 is 2.15 bits per heavy atom. The Morgan fingerprint density at radius 3 is 2.80 bits per heavy atom. The Kier molecular flexibility index (Phi) is 3.80. The smallest absolute Gasteiger partial charge is 0.374 e. The first-order valence-electron chi connectivity index (χ1n) is 6.14. The zero-order valence-corrected chi connectivity index (χ0v) is 11.2. The molecule has 6 heteroatoms. The topological polar surface area (TPSA) is 90.1 Å². The van der Waals surface area contributed by atoms with Crippen molar-refractivity contribution in [2.45, 2.75) is 19.4 Å². The number of carboxylic acid groups (broad SMARTS) is 1. The summed E-state index contributed by atoms with van der Waals surface area (Å²) in [6, 6.07) is 9.26. The Morgan fingerprint density at radius 1 is 1.45 bits per heavy atom. The van der Waals surface area contributed by atoms with Gasteiger partial charge in [0.2, 0.25) is 5.82 Å². The van der Waals surface area contributed by atoms with Crippen LogP contribution < -0.4 is 4.90 Å². The Hall–Kier alpha value is -2.68. The van der Waals surface area contributed by atoms with Gasteiger partial charge in [-0.1, -0.05) is 12.1 Å². The predicted molar refractivity (Wildman–Crippen MR) is 74.6 cm³/mol. The van der Waals surface area contributed by atoms with E-state index in [0.717, 1.165) is 5.39 Å². The van der Waals surface area contributed by atoms with Crippen molar-refractivity contribution in [1.29, 1.82) is 5.26 Å². The van der Waals surface area contributed by atoms with Gasteiger partial charge in [-0.3, -0.25) is 0 Å². The second-order valence-electron chi connectivity index (χ2n) is 4.52. The van der Waals surface area contributed by atoms with Crippen molar-refractivity contribution in [2.75, 3.05) is 11.9 Å². The third-order valence-electron chi connectivity index (χ3n) is 3.16. The molecule has 1 atom stereocenters. The summed E-state index contributed by atoms with van der Waals surface area (Å²) in [6.07, 6.45) is 0.331. The molecule has 0 saturated heterocycles. The molecular weight excluding hydrogens is 256 g/mol. The molecule has 6 nitrogen and oxygen atoms in total. The number of fused-ring (bicyclic) bond motifs is 1. The number of hydrogen-bond donors (Lipinski definition) is 1.